The van der Waals surface area contributed by atoms with E-state index >= 15 is 0 Å². The molecule has 0 fully saturated rings. The van der Waals surface area contributed by atoms with E-state index in [1.54, 1.807) is 31.2 Å². The van der Waals surface area contributed by atoms with E-state index in [0.29, 0.717) is 17.1 Å². The molecule has 1 aromatic heterocycles. The second-order valence-corrected chi connectivity index (χ2v) is 4.44. The summed E-state index contributed by atoms with van der Waals surface area (Å²) in [6.45, 7) is 1.77. The van der Waals surface area contributed by atoms with E-state index in [0.717, 1.165) is 4.47 Å². The number of anilines is 1. The summed E-state index contributed by atoms with van der Waals surface area (Å²) in [5.74, 6) is 0.504. The molecule has 5 nitrogen and oxygen atoms in total. The number of nitriles is 1. The molecule has 2 N–H and O–H groups in total. The first-order valence-corrected chi connectivity index (χ1v) is 5.86. The van der Waals surface area contributed by atoms with Gasteiger partial charge in [-0.1, -0.05) is 0 Å². The van der Waals surface area contributed by atoms with E-state index in [4.69, 9.17) is 15.7 Å². The maximum atomic E-state index is 8.83. The van der Waals surface area contributed by atoms with Crippen LogP contribution in [0.3, 0.4) is 0 Å². The third kappa shape index (κ3) is 2.76. The fourth-order valence-corrected chi connectivity index (χ4v) is 1.67. The van der Waals surface area contributed by atoms with Crippen LogP contribution >= 0.6 is 15.9 Å². The van der Waals surface area contributed by atoms with Crippen LogP contribution in [0.2, 0.25) is 0 Å². The number of nitrogen functional groups attached to an aromatic ring is 1. The Balaban J connectivity index is 2.37. The van der Waals surface area contributed by atoms with Crippen LogP contribution in [-0.4, -0.2) is 9.97 Å². The van der Waals surface area contributed by atoms with Crippen LogP contribution in [0, 0.1) is 18.3 Å². The lowest BCUT2D eigenvalue weighted by atomic mass is 10.3. The summed E-state index contributed by atoms with van der Waals surface area (Å²) < 4.78 is 6.25. The molecule has 0 aliphatic heterocycles. The molecule has 0 aliphatic rings. The standard InChI is InChI=1S/C12H9BrN4O/c1-7-4-9(6-14)17-12(16-7)18-11-5-8(15)2-3-10(11)13/h2-5H,15H2,1H3. The highest BCUT2D eigenvalue weighted by Crippen LogP contribution is 2.30. The molecule has 1 heterocycles. The van der Waals surface area contributed by atoms with E-state index < -0.39 is 0 Å². The summed E-state index contributed by atoms with van der Waals surface area (Å²) in [6, 6.07) is 8.83. The average molecular weight is 305 g/mol. The van der Waals surface area contributed by atoms with Crippen molar-refractivity contribution in [3.05, 3.63) is 40.1 Å². The number of benzene rings is 1. The Hall–Kier alpha value is -2.13. The van der Waals surface area contributed by atoms with E-state index in [1.807, 2.05) is 6.07 Å². The maximum absolute atomic E-state index is 8.83. The van der Waals surface area contributed by atoms with Crippen LogP contribution in [0.5, 0.6) is 11.8 Å². The Morgan fingerprint density at radius 2 is 2.11 bits per heavy atom. The molecule has 0 saturated heterocycles. The molecular formula is C12H9BrN4O. The molecule has 90 valence electrons. The average Bonchev–Trinajstić information content (AvgIpc) is 2.33. The molecule has 1 aromatic carbocycles. The van der Waals surface area contributed by atoms with Crippen molar-refractivity contribution in [1.29, 1.82) is 5.26 Å². The third-order valence-corrected chi connectivity index (χ3v) is 2.76. The summed E-state index contributed by atoms with van der Waals surface area (Å²) in [5.41, 5.74) is 7.17. The normalized spacial score (nSPS) is 9.83. The number of nitrogens with two attached hydrogens (primary N) is 1. The molecule has 0 unspecified atom stereocenters. The molecule has 18 heavy (non-hydrogen) atoms. The van der Waals surface area contributed by atoms with Gasteiger partial charge >= 0.3 is 6.01 Å². The van der Waals surface area contributed by atoms with Gasteiger partial charge in [-0.3, -0.25) is 0 Å². The minimum Gasteiger partial charge on any atom is -0.423 e. The van der Waals surface area contributed by atoms with Gasteiger partial charge in [-0.15, -0.1) is 0 Å². The second kappa shape index (κ2) is 5.02. The van der Waals surface area contributed by atoms with Gasteiger partial charge in [-0.2, -0.15) is 10.2 Å². The molecule has 0 spiro atoms. The van der Waals surface area contributed by atoms with Gasteiger partial charge in [-0.25, -0.2) is 4.98 Å². The monoisotopic (exact) mass is 304 g/mol. The predicted molar refractivity (Wildman–Crippen MR) is 70.1 cm³/mol. The Bertz CT molecular complexity index is 636. The summed E-state index contributed by atoms with van der Waals surface area (Å²) in [5, 5.41) is 8.83. The van der Waals surface area contributed by atoms with E-state index in [2.05, 4.69) is 25.9 Å². The number of rotatable bonds is 2. The molecule has 2 aromatic rings. The van der Waals surface area contributed by atoms with Crippen LogP contribution in [0.4, 0.5) is 5.69 Å². The van der Waals surface area contributed by atoms with Gasteiger partial charge in [0, 0.05) is 17.4 Å². The first-order valence-electron chi connectivity index (χ1n) is 5.07. The molecule has 0 radical (unpaired) electrons. The molecule has 0 saturated carbocycles. The first-order chi connectivity index (χ1) is 8.58. The lowest BCUT2D eigenvalue weighted by molar-refractivity contribution is 0.437. The summed E-state index contributed by atoms with van der Waals surface area (Å²) in [7, 11) is 0. The van der Waals surface area contributed by atoms with Crippen molar-refractivity contribution in [3.63, 3.8) is 0 Å². The number of aromatic nitrogens is 2. The Morgan fingerprint density at radius 1 is 1.33 bits per heavy atom. The van der Waals surface area contributed by atoms with Crippen molar-refractivity contribution >= 4 is 21.6 Å². The number of ether oxygens (including phenoxy) is 1. The predicted octanol–water partition coefficient (Wildman–Crippen LogP) is 2.79. The van der Waals surface area contributed by atoms with Crippen LogP contribution in [0.15, 0.2) is 28.7 Å². The van der Waals surface area contributed by atoms with Gasteiger partial charge in [0.25, 0.3) is 0 Å². The van der Waals surface area contributed by atoms with Gasteiger partial charge in [0.1, 0.15) is 17.5 Å². The number of hydrogen-bond donors (Lipinski definition) is 1. The fourth-order valence-electron chi connectivity index (χ4n) is 1.34. The van der Waals surface area contributed by atoms with Gasteiger partial charge in [0.15, 0.2) is 0 Å². The van der Waals surface area contributed by atoms with Crippen LogP contribution in [0.25, 0.3) is 0 Å². The highest BCUT2D eigenvalue weighted by molar-refractivity contribution is 9.10. The third-order valence-electron chi connectivity index (χ3n) is 2.10. The molecule has 0 atom stereocenters. The lowest BCUT2D eigenvalue weighted by Gasteiger charge is -2.07. The maximum Gasteiger partial charge on any atom is 0.323 e. The number of hydrogen-bond acceptors (Lipinski definition) is 5. The number of nitrogens with zero attached hydrogens (tertiary/aromatic N) is 3. The molecule has 0 amide bonds. The molecule has 0 aliphatic carbocycles. The second-order valence-electron chi connectivity index (χ2n) is 3.58. The van der Waals surface area contributed by atoms with Crippen LogP contribution in [0.1, 0.15) is 11.4 Å². The fraction of sp³-hybridized carbons (Fsp3) is 0.0833. The summed E-state index contributed by atoms with van der Waals surface area (Å²) in [6.07, 6.45) is 0. The van der Waals surface area contributed by atoms with E-state index in [9.17, 15) is 0 Å². The molecule has 6 heteroatoms. The first kappa shape index (κ1) is 12.3. The number of halogens is 1. The van der Waals surface area contributed by atoms with E-state index in [-0.39, 0.29) is 11.7 Å². The van der Waals surface area contributed by atoms with Crippen molar-refractivity contribution in [2.45, 2.75) is 6.92 Å². The SMILES string of the molecule is Cc1cc(C#N)nc(Oc2cc(N)ccc2Br)n1. The summed E-state index contributed by atoms with van der Waals surface area (Å²) in [4.78, 5) is 8.06. The zero-order valence-corrected chi connectivity index (χ0v) is 11.1. The van der Waals surface area contributed by atoms with Gasteiger partial charge in [0.2, 0.25) is 0 Å². The van der Waals surface area contributed by atoms with Gasteiger partial charge in [0.05, 0.1) is 4.47 Å². The Morgan fingerprint density at radius 3 is 2.83 bits per heavy atom. The highest BCUT2D eigenvalue weighted by atomic mass is 79.9. The molecule has 0 bridgehead atoms. The topological polar surface area (TPSA) is 84.8 Å². The number of aryl methyl sites for hydroxylation is 1. The lowest BCUT2D eigenvalue weighted by Crippen LogP contribution is -1.97. The van der Waals surface area contributed by atoms with Gasteiger partial charge < -0.3 is 10.5 Å². The van der Waals surface area contributed by atoms with E-state index in [1.165, 1.54) is 0 Å². The van der Waals surface area contributed by atoms with Crippen molar-refractivity contribution in [2.75, 3.05) is 5.73 Å². The Kier molecular flexibility index (Phi) is 3.44. The molecule has 2 rings (SSSR count). The zero-order chi connectivity index (χ0) is 13.1. The van der Waals surface area contributed by atoms with Crippen molar-refractivity contribution in [2.24, 2.45) is 0 Å². The van der Waals surface area contributed by atoms with Gasteiger partial charge in [-0.05, 0) is 41.1 Å². The minimum absolute atomic E-state index is 0.123. The smallest absolute Gasteiger partial charge is 0.323 e. The quantitative estimate of drug-likeness (QED) is 0.862. The summed E-state index contributed by atoms with van der Waals surface area (Å²) >= 11 is 3.34. The van der Waals surface area contributed by atoms with Crippen LogP contribution < -0.4 is 10.5 Å². The van der Waals surface area contributed by atoms with Crippen molar-refractivity contribution in [3.8, 4) is 17.8 Å². The van der Waals surface area contributed by atoms with Crippen molar-refractivity contribution in [1.82, 2.24) is 9.97 Å². The van der Waals surface area contributed by atoms with Crippen molar-refractivity contribution < 1.29 is 4.74 Å². The van der Waals surface area contributed by atoms with Crippen LogP contribution in [-0.2, 0) is 0 Å². The highest BCUT2D eigenvalue weighted by Gasteiger charge is 2.07. The zero-order valence-electron chi connectivity index (χ0n) is 9.51. The Labute approximate surface area is 112 Å². The largest absolute Gasteiger partial charge is 0.423 e. The molecular weight excluding hydrogens is 296 g/mol. The minimum atomic E-state index is 0.123.